The van der Waals surface area contributed by atoms with Crippen molar-refractivity contribution in [3.63, 3.8) is 0 Å². The lowest BCUT2D eigenvalue weighted by Crippen LogP contribution is -2.10. The minimum Gasteiger partial charge on any atom is -0.494 e. The standard InChI is InChI=1S/C19H28O/c1-8-10-11-13(3)15(5)19-14(4)12-18(20-9-2)16(6)17(19)7/h12-13,15H,8-9H2,1-7H3. The van der Waals surface area contributed by atoms with Crippen LogP contribution in [0.2, 0.25) is 0 Å². The zero-order chi connectivity index (χ0) is 15.3. The second-order valence-electron chi connectivity index (χ2n) is 5.54. The Labute approximate surface area is 124 Å². The van der Waals surface area contributed by atoms with Gasteiger partial charge in [-0.3, -0.25) is 0 Å². The maximum Gasteiger partial charge on any atom is 0.122 e. The van der Waals surface area contributed by atoms with E-state index in [1.165, 1.54) is 22.3 Å². The van der Waals surface area contributed by atoms with Gasteiger partial charge in [-0.2, -0.15) is 0 Å². The fourth-order valence-electron chi connectivity index (χ4n) is 2.71. The van der Waals surface area contributed by atoms with Crippen molar-refractivity contribution in [3.8, 4) is 17.6 Å². The summed E-state index contributed by atoms with van der Waals surface area (Å²) in [5.74, 6) is 8.42. The summed E-state index contributed by atoms with van der Waals surface area (Å²) in [6, 6.07) is 2.18. The first-order chi connectivity index (χ1) is 9.43. The molecule has 2 unspecified atom stereocenters. The summed E-state index contributed by atoms with van der Waals surface area (Å²) in [5, 5.41) is 0. The zero-order valence-electron chi connectivity index (χ0n) is 14.1. The van der Waals surface area contributed by atoms with E-state index in [0.717, 1.165) is 12.2 Å². The minimum atomic E-state index is 0.379. The molecule has 0 N–H and O–H groups in total. The van der Waals surface area contributed by atoms with Gasteiger partial charge in [-0.1, -0.05) is 26.7 Å². The molecule has 0 heterocycles. The first-order valence-corrected chi connectivity index (χ1v) is 7.65. The molecule has 110 valence electrons. The van der Waals surface area contributed by atoms with Crippen LogP contribution in [0.4, 0.5) is 0 Å². The Kier molecular flexibility index (Phi) is 6.14. The quantitative estimate of drug-likeness (QED) is 0.688. The van der Waals surface area contributed by atoms with Crippen LogP contribution >= 0.6 is 0 Å². The Balaban J connectivity index is 3.22. The Morgan fingerprint density at radius 2 is 1.75 bits per heavy atom. The van der Waals surface area contributed by atoms with Crippen LogP contribution in [0.5, 0.6) is 5.75 Å². The summed E-state index contributed by atoms with van der Waals surface area (Å²) in [6.45, 7) is 15.9. The zero-order valence-corrected chi connectivity index (χ0v) is 14.1. The van der Waals surface area contributed by atoms with Gasteiger partial charge < -0.3 is 4.74 Å². The third-order valence-electron chi connectivity index (χ3n) is 4.12. The van der Waals surface area contributed by atoms with Crippen LogP contribution in [-0.2, 0) is 0 Å². The molecule has 0 amide bonds. The Morgan fingerprint density at radius 1 is 1.10 bits per heavy atom. The second-order valence-corrected chi connectivity index (χ2v) is 5.54. The molecule has 1 aromatic rings. The lowest BCUT2D eigenvalue weighted by molar-refractivity contribution is 0.337. The van der Waals surface area contributed by atoms with Crippen molar-refractivity contribution in [2.24, 2.45) is 5.92 Å². The number of aryl methyl sites for hydroxylation is 1. The van der Waals surface area contributed by atoms with Crippen molar-refractivity contribution in [2.75, 3.05) is 6.61 Å². The molecule has 0 aliphatic rings. The van der Waals surface area contributed by atoms with E-state index in [9.17, 15) is 0 Å². The number of ether oxygens (including phenoxy) is 1. The van der Waals surface area contributed by atoms with Crippen LogP contribution in [0, 0.1) is 38.5 Å². The van der Waals surface area contributed by atoms with Gasteiger partial charge in [-0.25, -0.2) is 0 Å². The van der Waals surface area contributed by atoms with Gasteiger partial charge in [0, 0.05) is 12.3 Å². The molecule has 2 atom stereocenters. The molecule has 0 aliphatic heterocycles. The highest BCUT2D eigenvalue weighted by atomic mass is 16.5. The molecule has 0 spiro atoms. The van der Waals surface area contributed by atoms with Crippen molar-refractivity contribution >= 4 is 0 Å². The van der Waals surface area contributed by atoms with Crippen LogP contribution in [0.3, 0.4) is 0 Å². The van der Waals surface area contributed by atoms with Crippen LogP contribution in [-0.4, -0.2) is 6.61 Å². The number of hydrogen-bond donors (Lipinski definition) is 0. The molecule has 0 saturated heterocycles. The molecule has 0 aromatic heterocycles. The Morgan fingerprint density at radius 3 is 2.30 bits per heavy atom. The third-order valence-corrected chi connectivity index (χ3v) is 4.12. The first kappa shape index (κ1) is 16.6. The van der Waals surface area contributed by atoms with E-state index in [4.69, 9.17) is 4.74 Å². The van der Waals surface area contributed by atoms with Gasteiger partial charge in [0.25, 0.3) is 0 Å². The van der Waals surface area contributed by atoms with Gasteiger partial charge in [0.05, 0.1) is 6.61 Å². The van der Waals surface area contributed by atoms with Crippen LogP contribution < -0.4 is 4.74 Å². The summed E-state index contributed by atoms with van der Waals surface area (Å²) in [7, 11) is 0. The predicted octanol–water partition coefficient (Wildman–Crippen LogP) is 5.16. The number of rotatable bonds is 4. The summed E-state index contributed by atoms with van der Waals surface area (Å²) in [4.78, 5) is 0. The largest absolute Gasteiger partial charge is 0.494 e. The van der Waals surface area contributed by atoms with Crippen LogP contribution in [0.25, 0.3) is 0 Å². The Bertz CT molecular complexity index is 517. The molecule has 0 fully saturated rings. The molecule has 20 heavy (non-hydrogen) atoms. The molecule has 0 bridgehead atoms. The highest BCUT2D eigenvalue weighted by molar-refractivity contribution is 5.50. The van der Waals surface area contributed by atoms with E-state index < -0.39 is 0 Å². The van der Waals surface area contributed by atoms with Crippen molar-refractivity contribution in [1.82, 2.24) is 0 Å². The van der Waals surface area contributed by atoms with E-state index in [0.29, 0.717) is 18.4 Å². The lowest BCUT2D eigenvalue weighted by Gasteiger charge is -2.23. The minimum absolute atomic E-state index is 0.379. The molecule has 0 saturated carbocycles. The first-order valence-electron chi connectivity index (χ1n) is 7.65. The fourth-order valence-corrected chi connectivity index (χ4v) is 2.71. The van der Waals surface area contributed by atoms with Crippen molar-refractivity contribution in [3.05, 3.63) is 28.3 Å². The van der Waals surface area contributed by atoms with E-state index in [1.54, 1.807) is 0 Å². The van der Waals surface area contributed by atoms with Crippen molar-refractivity contribution in [2.45, 2.75) is 60.8 Å². The van der Waals surface area contributed by atoms with Gasteiger partial charge in [0.15, 0.2) is 0 Å². The molecule has 0 radical (unpaired) electrons. The summed E-state index contributed by atoms with van der Waals surface area (Å²) in [6.07, 6.45) is 0.928. The summed E-state index contributed by atoms with van der Waals surface area (Å²) in [5.41, 5.74) is 5.36. The molecule has 1 heteroatoms. The fraction of sp³-hybridized carbons (Fsp3) is 0.579. The molecule has 1 rings (SSSR count). The molecular weight excluding hydrogens is 244 g/mol. The SMILES string of the molecule is CCC#CC(C)C(C)c1c(C)cc(OCC)c(C)c1C. The van der Waals surface area contributed by atoms with E-state index in [2.05, 4.69) is 59.4 Å². The van der Waals surface area contributed by atoms with E-state index in [1.807, 2.05) is 6.92 Å². The van der Waals surface area contributed by atoms with Gasteiger partial charge in [0.2, 0.25) is 0 Å². The van der Waals surface area contributed by atoms with E-state index in [-0.39, 0.29) is 0 Å². The third kappa shape index (κ3) is 3.57. The number of benzene rings is 1. The maximum atomic E-state index is 5.73. The summed E-state index contributed by atoms with van der Waals surface area (Å²) < 4.78 is 5.73. The van der Waals surface area contributed by atoms with Gasteiger partial charge in [0.1, 0.15) is 5.75 Å². The van der Waals surface area contributed by atoms with Crippen LogP contribution in [0.1, 0.15) is 62.3 Å². The maximum absolute atomic E-state index is 5.73. The van der Waals surface area contributed by atoms with Crippen molar-refractivity contribution in [1.29, 1.82) is 0 Å². The normalized spacial score (nSPS) is 13.3. The smallest absolute Gasteiger partial charge is 0.122 e. The van der Waals surface area contributed by atoms with Crippen LogP contribution in [0.15, 0.2) is 6.07 Å². The van der Waals surface area contributed by atoms with Gasteiger partial charge in [-0.15, -0.1) is 5.92 Å². The Hall–Kier alpha value is -1.42. The second kappa shape index (κ2) is 7.39. The highest BCUT2D eigenvalue weighted by Gasteiger charge is 2.19. The lowest BCUT2D eigenvalue weighted by atomic mass is 9.82. The predicted molar refractivity (Wildman–Crippen MR) is 87.5 cm³/mol. The molecular formula is C19H28O. The highest BCUT2D eigenvalue weighted by Crippen LogP contribution is 2.35. The van der Waals surface area contributed by atoms with Gasteiger partial charge >= 0.3 is 0 Å². The van der Waals surface area contributed by atoms with Gasteiger partial charge in [-0.05, 0) is 61.9 Å². The molecule has 0 aliphatic carbocycles. The monoisotopic (exact) mass is 272 g/mol. The molecule has 1 aromatic carbocycles. The number of hydrogen-bond acceptors (Lipinski definition) is 1. The van der Waals surface area contributed by atoms with Crippen molar-refractivity contribution < 1.29 is 4.74 Å². The average Bonchev–Trinajstić information content (AvgIpc) is 2.42. The summed E-state index contributed by atoms with van der Waals surface area (Å²) >= 11 is 0. The topological polar surface area (TPSA) is 9.23 Å². The molecule has 1 nitrogen and oxygen atoms in total. The van der Waals surface area contributed by atoms with E-state index >= 15 is 0 Å². The average molecular weight is 272 g/mol.